The SMILES string of the molecule is Nc1nc2cc(C(=O)N3CCOc4ccc(CO)cc4C3)ccc2s1. The number of aromatic nitrogens is 1. The number of rotatable bonds is 2. The fourth-order valence-corrected chi connectivity index (χ4v) is 3.69. The van der Waals surface area contributed by atoms with Crippen LogP contribution in [0.15, 0.2) is 36.4 Å². The first kappa shape index (κ1) is 15.9. The molecule has 0 fully saturated rings. The standard InChI is InChI=1S/C18H17N3O3S/c19-18-20-14-8-12(2-4-16(14)25-18)17(23)21-5-6-24-15-3-1-11(10-22)7-13(15)9-21/h1-4,7-8,22H,5-6,9-10H2,(H2,19,20). The van der Waals surface area contributed by atoms with Gasteiger partial charge in [-0.25, -0.2) is 4.98 Å². The Kier molecular flexibility index (Phi) is 4.03. The Morgan fingerprint density at radius 1 is 1.32 bits per heavy atom. The molecule has 0 saturated carbocycles. The average molecular weight is 355 g/mol. The minimum absolute atomic E-state index is 0.0386. The summed E-state index contributed by atoms with van der Waals surface area (Å²) in [6.45, 7) is 1.34. The number of anilines is 1. The van der Waals surface area contributed by atoms with Crippen molar-refractivity contribution in [1.82, 2.24) is 9.88 Å². The van der Waals surface area contributed by atoms with Gasteiger partial charge in [0.05, 0.1) is 23.4 Å². The number of hydrogen-bond donors (Lipinski definition) is 2. The molecule has 2 aromatic carbocycles. The van der Waals surface area contributed by atoms with E-state index >= 15 is 0 Å². The van der Waals surface area contributed by atoms with Crippen LogP contribution in [0.4, 0.5) is 5.13 Å². The summed E-state index contributed by atoms with van der Waals surface area (Å²) in [6.07, 6.45) is 0. The van der Waals surface area contributed by atoms with E-state index in [-0.39, 0.29) is 12.5 Å². The van der Waals surface area contributed by atoms with Crippen molar-refractivity contribution in [2.75, 3.05) is 18.9 Å². The number of ether oxygens (including phenoxy) is 1. The van der Waals surface area contributed by atoms with Crippen LogP contribution in [0.25, 0.3) is 10.2 Å². The number of nitrogens with two attached hydrogens (primary N) is 1. The van der Waals surface area contributed by atoms with Crippen molar-refractivity contribution in [1.29, 1.82) is 0 Å². The van der Waals surface area contributed by atoms with Crippen LogP contribution >= 0.6 is 11.3 Å². The second kappa shape index (κ2) is 6.34. The number of nitrogen functional groups attached to an aromatic ring is 1. The monoisotopic (exact) mass is 355 g/mol. The quantitative estimate of drug-likeness (QED) is 0.737. The molecule has 1 aliphatic heterocycles. The van der Waals surface area contributed by atoms with Crippen LogP contribution in [0.5, 0.6) is 5.75 Å². The van der Waals surface area contributed by atoms with Gasteiger partial charge in [-0.2, -0.15) is 0 Å². The fraction of sp³-hybridized carbons (Fsp3) is 0.222. The van der Waals surface area contributed by atoms with Crippen LogP contribution < -0.4 is 10.5 Å². The molecule has 6 nitrogen and oxygen atoms in total. The molecule has 7 heteroatoms. The number of carbonyl (C=O) groups is 1. The van der Waals surface area contributed by atoms with E-state index in [2.05, 4.69) is 4.98 Å². The van der Waals surface area contributed by atoms with Crippen molar-refractivity contribution in [3.63, 3.8) is 0 Å². The Hall–Kier alpha value is -2.64. The normalized spacial score (nSPS) is 14.0. The topological polar surface area (TPSA) is 88.7 Å². The number of thiazole rings is 1. The highest BCUT2D eigenvalue weighted by molar-refractivity contribution is 7.22. The Morgan fingerprint density at radius 3 is 3.04 bits per heavy atom. The third-order valence-corrected chi connectivity index (χ3v) is 5.09. The molecule has 0 unspecified atom stereocenters. The summed E-state index contributed by atoms with van der Waals surface area (Å²) < 4.78 is 6.70. The molecule has 0 atom stereocenters. The number of amides is 1. The minimum Gasteiger partial charge on any atom is -0.491 e. The zero-order chi connectivity index (χ0) is 17.4. The molecule has 0 radical (unpaired) electrons. The van der Waals surface area contributed by atoms with Gasteiger partial charge in [0.25, 0.3) is 5.91 Å². The number of aliphatic hydroxyl groups excluding tert-OH is 1. The number of fused-ring (bicyclic) bond motifs is 2. The molecule has 2 heterocycles. The van der Waals surface area contributed by atoms with E-state index in [0.717, 1.165) is 27.1 Å². The average Bonchev–Trinajstić information content (AvgIpc) is 2.86. The van der Waals surface area contributed by atoms with Crippen LogP contribution in [0.2, 0.25) is 0 Å². The highest BCUT2D eigenvalue weighted by Crippen LogP contribution is 2.27. The predicted octanol–water partition coefficient (Wildman–Crippen LogP) is 2.41. The van der Waals surface area contributed by atoms with Crippen molar-refractivity contribution < 1.29 is 14.6 Å². The maximum absolute atomic E-state index is 12.9. The number of nitrogens with zero attached hydrogens (tertiary/aromatic N) is 2. The number of aliphatic hydroxyl groups is 1. The summed E-state index contributed by atoms with van der Waals surface area (Å²) in [5.74, 6) is 0.689. The van der Waals surface area contributed by atoms with Gasteiger partial charge in [0, 0.05) is 17.7 Å². The second-order valence-electron chi connectivity index (χ2n) is 5.91. The van der Waals surface area contributed by atoms with E-state index < -0.39 is 0 Å². The third kappa shape index (κ3) is 3.04. The zero-order valence-corrected chi connectivity index (χ0v) is 14.3. The van der Waals surface area contributed by atoms with E-state index in [4.69, 9.17) is 10.5 Å². The lowest BCUT2D eigenvalue weighted by atomic mass is 10.1. The Balaban J connectivity index is 1.64. The van der Waals surface area contributed by atoms with Gasteiger partial charge in [-0.1, -0.05) is 17.4 Å². The van der Waals surface area contributed by atoms with Crippen LogP contribution in [-0.2, 0) is 13.2 Å². The van der Waals surface area contributed by atoms with Crippen LogP contribution in [0.3, 0.4) is 0 Å². The largest absolute Gasteiger partial charge is 0.491 e. The van der Waals surface area contributed by atoms with E-state index in [9.17, 15) is 9.90 Å². The number of benzene rings is 2. The van der Waals surface area contributed by atoms with E-state index in [0.29, 0.717) is 30.4 Å². The molecule has 3 aromatic rings. The van der Waals surface area contributed by atoms with Gasteiger partial charge < -0.3 is 20.5 Å². The molecule has 0 saturated heterocycles. The molecule has 0 bridgehead atoms. The maximum atomic E-state index is 12.9. The third-order valence-electron chi connectivity index (χ3n) is 4.23. The van der Waals surface area contributed by atoms with Crippen molar-refractivity contribution in [2.45, 2.75) is 13.2 Å². The zero-order valence-electron chi connectivity index (χ0n) is 13.4. The summed E-state index contributed by atoms with van der Waals surface area (Å²) >= 11 is 1.40. The first-order valence-electron chi connectivity index (χ1n) is 7.95. The van der Waals surface area contributed by atoms with Gasteiger partial charge in [0.1, 0.15) is 12.4 Å². The van der Waals surface area contributed by atoms with Crippen molar-refractivity contribution >= 4 is 32.6 Å². The number of carbonyl (C=O) groups excluding carboxylic acids is 1. The van der Waals surface area contributed by atoms with Gasteiger partial charge in [-0.3, -0.25) is 4.79 Å². The molecule has 1 aromatic heterocycles. The summed E-state index contributed by atoms with van der Waals surface area (Å²) in [4.78, 5) is 18.9. The van der Waals surface area contributed by atoms with Crippen LogP contribution in [0.1, 0.15) is 21.5 Å². The Labute approximate surface area is 148 Å². The van der Waals surface area contributed by atoms with E-state index in [1.165, 1.54) is 11.3 Å². The molecule has 25 heavy (non-hydrogen) atoms. The molecule has 4 rings (SSSR count). The lowest BCUT2D eigenvalue weighted by molar-refractivity contribution is 0.0733. The highest BCUT2D eigenvalue weighted by atomic mass is 32.1. The van der Waals surface area contributed by atoms with Crippen molar-refractivity contribution in [2.24, 2.45) is 0 Å². The van der Waals surface area contributed by atoms with Crippen LogP contribution in [-0.4, -0.2) is 34.0 Å². The maximum Gasteiger partial charge on any atom is 0.254 e. The number of hydrogen-bond acceptors (Lipinski definition) is 6. The molecule has 1 amide bonds. The van der Waals surface area contributed by atoms with Gasteiger partial charge in [0.2, 0.25) is 0 Å². The summed E-state index contributed by atoms with van der Waals surface area (Å²) in [5.41, 5.74) is 8.76. The molecular formula is C18H17N3O3S. The van der Waals surface area contributed by atoms with E-state index in [1.54, 1.807) is 17.0 Å². The minimum atomic E-state index is -0.0701. The summed E-state index contributed by atoms with van der Waals surface area (Å²) in [5, 5.41) is 9.82. The van der Waals surface area contributed by atoms with Crippen molar-refractivity contribution in [3.05, 3.63) is 53.1 Å². The predicted molar refractivity (Wildman–Crippen MR) is 96.6 cm³/mol. The second-order valence-corrected chi connectivity index (χ2v) is 6.97. The molecule has 128 valence electrons. The summed E-state index contributed by atoms with van der Waals surface area (Å²) in [6, 6.07) is 11.0. The van der Waals surface area contributed by atoms with Gasteiger partial charge >= 0.3 is 0 Å². The van der Waals surface area contributed by atoms with Crippen molar-refractivity contribution in [3.8, 4) is 5.75 Å². The molecular weight excluding hydrogens is 338 g/mol. The first-order valence-corrected chi connectivity index (χ1v) is 8.76. The fourth-order valence-electron chi connectivity index (χ4n) is 2.98. The lowest BCUT2D eigenvalue weighted by Gasteiger charge is -2.20. The van der Waals surface area contributed by atoms with Crippen LogP contribution in [0, 0.1) is 0 Å². The van der Waals surface area contributed by atoms with E-state index in [1.807, 2.05) is 24.3 Å². The molecule has 1 aliphatic rings. The molecule has 0 aliphatic carbocycles. The van der Waals surface area contributed by atoms with Gasteiger partial charge in [-0.05, 0) is 35.9 Å². The summed E-state index contributed by atoms with van der Waals surface area (Å²) in [7, 11) is 0. The Morgan fingerprint density at radius 2 is 2.20 bits per heavy atom. The first-order chi connectivity index (χ1) is 12.1. The Bertz CT molecular complexity index is 954. The molecule has 3 N–H and O–H groups in total. The lowest BCUT2D eigenvalue weighted by Crippen LogP contribution is -2.32. The highest BCUT2D eigenvalue weighted by Gasteiger charge is 2.22. The van der Waals surface area contributed by atoms with Gasteiger partial charge in [0.15, 0.2) is 5.13 Å². The van der Waals surface area contributed by atoms with Gasteiger partial charge in [-0.15, -0.1) is 0 Å². The molecule has 0 spiro atoms. The smallest absolute Gasteiger partial charge is 0.254 e.